The fourth-order valence-electron chi connectivity index (χ4n) is 3.09. The molecule has 1 N–H and O–H groups in total. The van der Waals surface area contributed by atoms with Crippen LogP contribution in [0.4, 0.5) is 11.6 Å². The molecule has 0 amide bonds. The van der Waals surface area contributed by atoms with Crippen LogP contribution in [0.15, 0.2) is 33.7 Å². The second-order valence-corrected chi connectivity index (χ2v) is 7.17. The summed E-state index contributed by atoms with van der Waals surface area (Å²) in [6, 6.07) is 7.47. The maximum Gasteiger partial charge on any atom is 0.265 e. The van der Waals surface area contributed by atoms with E-state index in [1.165, 1.54) is 11.9 Å². The molecule has 0 aliphatic carbocycles. The van der Waals surface area contributed by atoms with Crippen molar-refractivity contribution in [2.45, 2.75) is 11.0 Å². The molecule has 0 spiro atoms. The SMILES string of the molecule is COc1cccc(OC)c1SNc1noc2nc(N3CC(OC)C3)cc(OC)c12. The van der Waals surface area contributed by atoms with Crippen LogP contribution in [0.1, 0.15) is 0 Å². The lowest BCUT2D eigenvalue weighted by molar-refractivity contribution is 0.0783. The summed E-state index contributed by atoms with van der Waals surface area (Å²) in [6.07, 6.45) is 0.220. The summed E-state index contributed by atoms with van der Waals surface area (Å²) in [4.78, 5) is 7.47. The van der Waals surface area contributed by atoms with Crippen molar-refractivity contribution in [2.75, 3.05) is 51.2 Å². The minimum Gasteiger partial charge on any atom is -0.496 e. The molecule has 0 bridgehead atoms. The topological polar surface area (TPSA) is 91.1 Å². The zero-order valence-corrected chi connectivity index (χ0v) is 17.4. The zero-order valence-electron chi connectivity index (χ0n) is 16.6. The van der Waals surface area contributed by atoms with Gasteiger partial charge in [-0.1, -0.05) is 11.2 Å². The van der Waals surface area contributed by atoms with Crippen molar-refractivity contribution in [2.24, 2.45) is 0 Å². The van der Waals surface area contributed by atoms with Gasteiger partial charge in [0.2, 0.25) is 0 Å². The van der Waals surface area contributed by atoms with Crippen LogP contribution in [0.3, 0.4) is 0 Å². The van der Waals surface area contributed by atoms with Gasteiger partial charge >= 0.3 is 0 Å². The third-order valence-corrected chi connectivity index (χ3v) is 5.66. The molecule has 4 rings (SSSR count). The minimum absolute atomic E-state index is 0.220. The van der Waals surface area contributed by atoms with Crippen molar-refractivity contribution >= 4 is 34.7 Å². The maximum atomic E-state index is 5.58. The Morgan fingerprint density at radius 3 is 2.38 bits per heavy atom. The van der Waals surface area contributed by atoms with Gasteiger partial charge in [0, 0.05) is 26.3 Å². The summed E-state index contributed by atoms with van der Waals surface area (Å²) in [7, 11) is 6.55. The molecule has 10 heteroatoms. The smallest absolute Gasteiger partial charge is 0.265 e. The van der Waals surface area contributed by atoms with E-state index in [0.29, 0.717) is 34.2 Å². The van der Waals surface area contributed by atoms with Gasteiger partial charge in [-0.15, -0.1) is 0 Å². The standard InChI is InChI=1S/C19H22N4O5S/c1-24-11-9-23(10-11)15-8-14(27-4)16-18(21-28-19(16)20-15)22-29-17-12(25-2)6-5-7-13(17)26-3/h5-8,11H,9-10H2,1-4H3,(H,21,22). The highest BCUT2D eigenvalue weighted by Crippen LogP contribution is 2.41. The summed E-state index contributed by atoms with van der Waals surface area (Å²) in [5, 5.41) is 4.80. The maximum absolute atomic E-state index is 5.58. The number of anilines is 2. The lowest BCUT2D eigenvalue weighted by Gasteiger charge is -2.38. The lowest BCUT2D eigenvalue weighted by Crippen LogP contribution is -2.52. The second kappa shape index (κ2) is 8.26. The molecule has 1 aliphatic rings. The van der Waals surface area contributed by atoms with E-state index in [-0.39, 0.29) is 6.10 Å². The molecule has 1 aromatic carbocycles. The largest absolute Gasteiger partial charge is 0.496 e. The average molecular weight is 418 g/mol. The number of pyridine rings is 1. The molecule has 0 radical (unpaired) electrons. The van der Waals surface area contributed by atoms with Gasteiger partial charge in [0.15, 0.2) is 5.82 Å². The van der Waals surface area contributed by atoms with Crippen molar-refractivity contribution in [3.63, 3.8) is 0 Å². The first-order valence-corrected chi connectivity index (χ1v) is 9.76. The van der Waals surface area contributed by atoms with E-state index in [4.69, 9.17) is 23.5 Å². The Balaban J connectivity index is 1.61. The van der Waals surface area contributed by atoms with Crippen LogP contribution in [-0.4, -0.2) is 57.8 Å². The molecule has 2 aromatic heterocycles. The average Bonchev–Trinajstić information content (AvgIpc) is 3.13. The highest BCUT2D eigenvalue weighted by molar-refractivity contribution is 8.00. The van der Waals surface area contributed by atoms with Crippen molar-refractivity contribution in [3.8, 4) is 17.2 Å². The third-order valence-electron chi connectivity index (χ3n) is 4.75. The number of ether oxygens (including phenoxy) is 4. The van der Waals surface area contributed by atoms with Gasteiger partial charge in [-0.3, -0.25) is 0 Å². The van der Waals surface area contributed by atoms with Gasteiger partial charge in [-0.05, 0) is 24.1 Å². The number of nitrogens with zero attached hydrogens (tertiary/aromatic N) is 3. The number of rotatable bonds is 8. The van der Waals surface area contributed by atoms with E-state index in [2.05, 4.69) is 19.8 Å². The van der Waals surface area contributed by atoms with Crippen molar-refractivity contribution < 1.29 is 23.5 Å². The van der Waals surface area contributed by atoms with Gasteiger partial charge in [-0.25, -0.2) is 0 Å². The van der Waals surface area contributed by atoms with Crippen LogP contribution in [-0.2, 0) is 4.74 Å². The number of benzene rings is 1. The quantitative estimate of drug-likeness (QED) is 0.550. The van der Waals surface area contributed by atoms with E-state index < -0.39 is 0 Å². The molecular weight excluding hydrogens is 396 g/mol. The Morgan fingerprint density at radius 2 is 1.76 bits per heavy atom. The molecule has 154 valence electrons. The molecular formula is C19H22N4O5S. The summed E-state index contributed by atoms with van der Waals surface area (Å²) >= 11 is 1.31. The van der Waals surface area contributed by atoms with Crippen molar-refractivity contribution in [1.82, 2.24) is 10.1 Å². The van der Waals surface area contributed by atoms with E-state index >= 15 is 0 Å². The van der Waals surface area contributed by atoms with E-state index in [1.807, 2.05) is 24.3 Å². The van der Waals surface area contributed by atoms with Gasteiger partial charge in [0.05, 0.1) is 27.4 Å². The molecule has 0 atom stereocenters. The van der Waals surface area contributed by atoms with Gasteiger partial charge in [0.1, 0.15) is 33.3 Å². The number of nitrogens with one attached hydrogen (secondary N) is 1. The molecule has 1 aliphatic heterocycles. The molecule has 29 heavy (non-hydrogen) atoms. The second-order valence-electron chi connectivity index (χ2n) is 6.35. The number of hydrogen-bond acceptors (Lipinski definition) is 10. The van der Waals surface area contributed by atoms with Gasteiger partial charge in [0.25, 0.3) is 5.71 Å². The molecule has 1 fully saturated rings. The summed E-state index contributed by atoms with van der Waals surface area (Å²) in [6.45, 7) is 1.56. The highest BCUT2D eigenvalue weighted by atomic mass is 32.2. The first-order chi connectivity index (χ1) is 14.2. The predicted molar refractivity (Wildman–Crippen MR) is 110 cm³/mol. The summed E-state index contributed by atoms with van der Waals surface area (Å²) in [5.74, 6) is 3.28. The molecule has 3 aromatic rings. The van der Waals surface area contributed by atoms with Crippen LogP contribution in [0.2, 0.25) is 0 Å². The van der Waals surface area contributed by atoms with Crippen LogP contribution >= 0.6 is 11.9 Å². The Morgan fingerprint density at radius 1 is 1.07 bits per heavy atom. The number of methoxy groups -OCH3 is 4. The van der Waals surface area contributed by atoms with E-state index in [1.54, 1.807) is 28.4 Å². The Bertz CT molecular complexity index is 983. The fraction of sp³-hybridized carbons (Fsp3) is 0.368. The molecule has 3 heterocycles. The van der Waals surface area contributed by atoms with Gasteiger partial charge in [-0.2, -0.15) is 4.98 Å². The van der Waals surface area contributed by atoms with Crippen LogP contribution in [0.25, 0.3) is 11.1 Å². The predicted octanol–water partition coefficient (Wildman–Crippen LogP) is 3.20. The first-order valence-electron chi connectivity index (χ1n) is 8.94. The van der Waals surface area contributed by atoms with Crippen LogP contribution in [0.5, 0.6) is 17.2 Å². The zero-order chi connectivity index (χ0) is 20.4. The van der Waals surface area contributed by atoms with Crippen molar-refractivity contribution in [3.05, 3.63) is 24.3 Å². The monoisotopic (exact) mass is 418 g/mol. The normalized spacial score (nSPS) is 14.0. The van der Waals surface area contributed by atoms with Gasteiger partial charge < -0.3 is 33.1 Å². The van der Waals surface area contributed by atoms with Crippen molar-refractivity contribution in [1.29, 1.82) is 0 Å². The molecule has 0 unspecified atom stereocenters. The number of fused-ring (bicyclic) bond motifs is 1. The molecule has 1 saturated heterocycles. The van der Waals surface area contributed by atoms with Crippen LogP contribution < -0.4 is 23.8 Å². The molecule has 9 nitrogen and oxygen atoms in total. The van der Waals surface area contributed by atoms with E-state index in [9.17, 15) is 0 Å². The van der Waals surface area contributed by atoms with Crippen LogP contribution in [0, 0.1) is 0 Å². The Hall–Kier alpha value is -2.85. The fourth-order valence-corrected chi connectivity index (χ4v) is 3.93. The first kappa shape index (κ1) is 19.5. The number of aromatic nitrogens is 2. The number of hydrogen-bond donors (Lipinski definition) is 1. The third kappa shape index (κ3) is 3.60. The lowest BCUT2D eigenvalue weighted by atomic mass is 10.1. The minimum atomic E-state index is 0.220. The van der Waals surface area contributed by atoms with E-state index in [0.717, 1.165) is 23.8 Å². The summed E-state index contributed by atoms with van der Waals surface area (Å²) < 4.78 is 30.4. The summed E-state index contributed by atoms with van der Waals surface area (Å²) in [5.41, 5.74) is 0.398. The Kier molecular flexibility index (Phi) is 5.54. The molecule has 0 saturated carbocycles. The highest BCUT2D eigenvalue weighted by Gasteiger charge is 2.29. The Labute approximate surface area is 172 Å².